The molecule has 0 aliphatic heterocycles. The molecule has 0 bridgehead atoms. The van der Waals surface area contributed by atoms with Crippen LogP contribution in [0, 0.1) is 0 Å². The smallest absolute Gasteiger partial charge is 0.120 e. The fourth-order valence-electron chi connectivity index (χ4n) is 1.88. The predicted octanol–water partition coefficient (Wildman–Crippen LogP) is 3.13. The van der Waals surface area contributed by atoms with Crippen LogP contribution in [0.4, 0.5) is 0 Å². The van der Waals surface area contributed by atoms with E-state index in [1.165, 1.54) is 0 Å². The second kappa shape index (κ2) is 7.25. The number of hydrogen-bond acceptors (Lipinski definition) is 3. The Labute approximate surface area is 126 Å². The largest absolute Gasteiger partial charge is 0.489 e. The van der Waals surface area contributed by atoms with E-state index < -0.39 is 0 Å². The molecule has 2 aromatic carbocycles. The van der Waals surface area contributed by atoms with Crippen LogP contribution in [0.3, 0.4) is 0 Å². The maximum absolute atomic E-state index is 9.25. The van der Waals surface area contributed by atoms with Gasteiger partial charge in [-0.2, -0.15) is 0 Å². The predicted molar refractivity (Wildman–Crippen MR) is 85.2 cm³/mol. The number of ether oxygens (including phenoxy) is 1. The number of benzene rings is 2. The van der Waals surface area contributed by atoms with Gasteiger partial charge in [0.2, 0.25) is 0 Å². The lowest BCUT2D eigenvalue weighted by Gasteiger charge is -2.23. The minimum Gasteiger partial charge on any atom is -0.489 e. The summed E-state index contributed by atoms with van der Waals surface area (Å²) in [7, 11) is 0. The molecular formula is C18H23NO2. The normalized spacial score (nSPS) is 11.4. The number of aliphatic hydroxyl groups is 1. The molecule has 3 nitrogen and oxygen atoms in total. The van der Waals surface area contributed by atoms with Crippen molar-refractivity contribution in [2.45, 2.75) is 32.5 Å². The first kappa shape index (κ1) is 15.5. The number of hydrogen-bond donors (Lipinski definition) is 2. The van der Waals surface area contributed by atoms with E-state index in [1.807, 2.05) is 50.2 Å². The van der Waals surface area contributed by atoms with Crippen molar-refractivity contribution in [3.05, 3.63) is 65.7 Å². The van der Waals surface area contributed by atoms with Gasteiger partial charge in [-0.3, -0.25) is 0 Å². The quantitative estimate of drug-likeness (QED) is 0.821. The maximum Gasteiger partial charge on any atom is 0.120 e. The van der Waals surface area contributed by atoms with E-state index in [0.717, 1.165) is 16.9 Å². The van der Waals surface area contributed by atoms with Gasteiger partial charge in [-0.15, -0.1) is 0 Å². The number of aliphatic hydroxyl groups excluding tert-OH is 1. The van der Waals surface area contributed by atoms with Crippen LogP contribution in [-0.4, -0.2) is 17.3 Å². The minimum atomic E-state index is -0.277. The highest BCUT2D eigenvalue weighted by molar-refractivity contribution is 5.29. The summed E-state index contributed by atoms with van der Waals surface area (Å²) in [5.41, 5.74) is 2.02. The molecule has 0 aliphatic carbocycles. The minimum absolute atomic E-state index is 0.108. The Morgan fingerprint density at radius 2 is 1.71 bits per heavy atom. The summed E-state index contributed by atoms with van der Waals surface area (Å²) in [5, 5.41) is 12.6. The van der Waals surface area contributed by atoms with E-state index in [4.69, 9.17) is 4.74 Å². The fourth-order valence-corrected chi connectivity index (χ4v) is 1.88. The zero-order valence-corrected chi connectivity index (χ0v) is 12.7. The van der Waals surface area contributed by atoms with E-state index in [-0.39, 0.29) is 12.1 Å². The van der Waals surface area contributed by atoms with Crippen LogP contribution in [0.5, 0.6) is 5.75 Å². The molecule has 0 radical (unpaired) electrons. The first-order valence-electron chi connectivity index (χ1n) is 7.21. The van der Waals surface area contributed by atoms with Crippen molar-refractivity contribution < 1.29 is 9.84 Å². The third-order valence-electron chi connectivity index (χ3n) is 3.31. The summed E-state index contributed by atoms with van der Waals surface area (Å²) in [6.45, 7) is 5.33. The Bertz CT molecular complexity index is 552. The van der Waals surface area contributed by atoms with Crippen molar-refractivity contribution in [2.75, 3.05) is 6.61 Å². The van der Waals surface area contributed by atoms with E-state index >= 15 is 0 Å². The van der Waals surface area contributed by atoms with E-state index in [1.54, 1.807) is 0 Å². The molecule has 0 amide bonds. The summed E-state index contributed by atoms with van der Waals surface area (Å²) < 4.78 is 5.81. The van der Waals surface area contributed by atoms with Crippen LogP contribution in [0.15, 0.2) is 54.6 Å². The Kier molecular flexibility index (Phi) is 5.37. The van der Waals surface area contributed by atoms with Crippen LogP contribution < -0.4 is 10.1 Å². The van der Waals surface area contributed by atoms with E-state index in [9.17, 15) is 5.11 Å². The summed E-state index contributed by atoms with van der Waals surface area (Å²) in [5.74, 6) is 0.861. The van der Waals surface area contributed by atoms with E-state index in [2.05, 4.69) is 23.5 Å². The van der Waals surface area contributed by atoms with Gasteiger partial charge in [-0.1, -0.05) is 42.5 Å². The molecule has 3 heteroatoms. The average Bonchev–Trinajstić information content (AvgIpc) is 2.53. The highest BCUT2D eigenvalue weighted by Crippen LogP contribution is 2.16. The summed E-state index contributed by atoms with van der Waals surface area (Å²) in [4.78, 5) is 0. The van der Waals surface area contributed by atoms with Crippen molar-refractivity contribution in [2.24, 2.45) is 0 Å². The molecule has 0 aromatic heterocycles. The van der Waals surface area contributed by atoms with Crippen LogP contribution in [0.1, 0.15) is 25.0 Å². The molecule has 0 saturated heterocycles. The standard InChI is InChI=1S/C18H23NO2/c1-18(2,14-20)19-12-16-9-6-10-17(11-16)21-13-15-7-4-3-5-8-15/h3-11,19-20H,12-14H2,1-2H3. The van der Waals surface area contributed by atoms with E-state index in [0.29, 0.717) is 13.2 Å². The lowest BCUT2D eigenvalue weighted by atomic mass is 10.1. The topological polar surface area (TPSA) is 41.5 Å². The van der Waals surface area contributed by atoms with Crippen molar-refractivity contribution >= 4 is 0 Å². The Morgan fingerprint density at radius 1 is 1.00 bits per heavy atom. The van der Waals surface area contributed by atoms with Gasteiger partial charge in [0, 0.05) is 12.1 Å². The van der Waals surface area contributed by atoms with Gasteiger partial charge in [-0.25, -0.2) is 0 Å². The molecule has 2 rings (SSSR count). The van der Waals surface area contributed by atoms with Gasteiger partial charge in [-0.05, 0) is 37.1 Å². The molecule has 2 N–H and O–H groups in total. The summed E-state index contributed by atoms with van der Waals surface area (Å²) in [6.07, 6.45) is 0. The fraction of sp³-hybridized carbons (Fsp3) is 0.333. The molecule has 0 aliphatic rings. The lowest BCUT2D eigenvalue weighted by molar-refractivity contribution is 0.187. The zero-order valence-electron chi connectivity index (χ0n) is 12.7. The van der Waals surface area contributed by atoms with Crippen LogP contribution in [-0.2, 0) is 13.2 Å². The SMILES string of the molecule is CC(C)(CO)NCc1cccc(OCc2ccccc2)c1. The third-order valence-corrected chi connectivity index (χ3v) is 3.31. The first-order chi connectivity index (χ1) is 10.1. The maximum atomic E-state index is 9.25. The number of nitrogens with one attached hydrogen (secondary N) is 1. The van der Waals surface area contributed by atoms with Gasteiger partial charge in [0.1, 0.15) is 12.4 Å². The Balaban J connectivity index is 1.92. The monoisotopic (exact) mass is 285 g/mol. The summed E-state index contributed by atoms with van der Waals surface area (Å²) in [6, 6.07) is 18.2. The van der Waals surface area contributed by atoms with Crippen molar-refractivity contribution in [1.82, 2.24) is 5.32 Å². The number of rotatable bonds is 7. The molecule has 0 unspecified atom stereocenters. The molecule has 2 aromatic rings. The molecule has 0 atom stereocenters. The van der Waals surface area contributed by atoms with Gasteiger partial charge in [0.25, 0.3) is 0 Å². The molecular weight excluding hydrogens is 262 g/mol. The van der Waals surface area contributed by atoms with Crippen molar-refractivity contribution in [3.63, 3.8) is 0 Å². The molecule has 0 fully saturated rings. The molecule has 21 heavy (non-hydrogen) atoms. The van der Waals surface area contributed by atoms with Crippen molar-refractivity contribution in [3.8, 4) is 5.75 Å². The second-order valence-corrected chi connectivity index (χ2v) is 5.82. The van der Waals surface area contributed by atoms with Gasteiger partial charge in [0.15, 0.2) is 0 Å². The highest BCUT2D eigenvalue weighted by Gasteiger charge is 2.14. The van der Waals surface area contributed by atoms with Crippen molar-refractivity contribution in [1.29, 1.82) is 0 Å². The van der Waals surface area contributed by atoms with Crippen LogP contribution >= 0.6 is 0 Å². The van der Waals surface area contributed by atoms with Gasteiger partial charge >= 0.3 is 0 Å². The molecule has 0 spiro atoms. The highest BCUT2D eigenvalue weighted by atomic mass is 16.5. The second-order valence-electron chi connectivity index (χ2n) is 5.82. The third kappa shape index (κ3) is 5.21. The van der Waals surface area contributed by atoms with Gasteiger partial charge < -0.3 is 15.2 Å². The van der Waals surface area contributed by atoms with Crippen LogP contribution in [0.25, 0.3) is 0 Å². The lowest BCUT2D eigenvalue weighted by Crippen LogP contribution is -2.42. The first-order valence-corrected chi connectivity index (χ1v) is 7.21. The molecule has 0 heterocycles. The van der Waals surface area contributed by atoms with Crippen LogP contribution in [0.2, 0.25) is 0 Å². The Hall–Kier alpha value is -1.84. The Morgan fingerprint density at radius 3 is 2.43 bits per heavy atom. The molecule has 112 valence electrons. The zero-order chi connectivity index (χ0) is 15.1. The van der Waals surface area contributed by atoms with Gasteiger partial charge in [0.05, 0.1) is 6.61 Å². The average molecular weight is 285 g/mol. The summed E-state index contributed by atoms with van der Waals surface area (Å²) >= 11 is 0. The molecule has 0 saturated carbocycles.